The van der Waals surface area contributed by atoms with E-state index < -0.39 is 7.60 Å². The average molecular weight is 254 g/mol. The molecular formula is C13H19O3P. The van der Waals surface area contributed by atoms with Crippen molar-refractivity contribution in [1.82, 2.24) is 0 Å². The maximum atomic E-state index is 12.5. The van der Waals surface area contributed by atoms with Gasteiger partial charge in [-0.3, -0.25) is 4.57 Å². The molecule has 1 aliphatic rings. The van der Waals surface area contributed by atoms with Gasteiger partial charge in [-0.05, 0) is 31.7 Å². The lowest BCUT2D eigenvalue weighted by Gasteiger charge is -2.16. The van der Waals surface area contributed by atoms with Crippen LogP contribution in [0, 0.1) is 0 Å². The van der Waals surface area contributed by atoms with Crippen LogP contribution in [0.25, 0.3) is 0 Å². The highest BCUT2D eigenvalue weighted by Crippen LogP contribution is 2.68. The van der Waals surface area contributed by atoms with Crippen molar-refractivity contribution >= 4 is 7.60 Å². The third-order valence-corrected chi connectivity index (χ3v) is 5.63. The normalized spacial score (nSPS) is 23.6. The van der Waals surface area contributed by atoms with Crippen LogP contribution >= 0.6 is 7.60 Å². The summed E-state index contributed by atoms with van der Waals surface area (Å²) < 4.78 is 23.3. The van der Waals surface area contributed by atoms with Crippen LogP contribution in [-0.2, 0) is 13.6 Å². The van der Waals surface area contributed by atoms with Crippen LogP contribution < -0.4 is 0 Å². The molecule has 0 unspecified atom stereocenters. The molecule has 2 atom stereocenters. The van der Waals surface area contributed by atoms with Gasteiger partial charge in [0.15, 0.2) is 0 Å². The van der Waals surface area contributed by atoms with E-state index >= 15 is 0 Å². The average Bonchev–Trinajstić information content (AvgIpc) is 3.11. The number of hydrogen-bond acceptors (Lipinski definition) is 3. The lowest BCUT2D eigenvalue weighted by Crippen LogP contribution is -2.01. The Kier molecular flexibility index (Phi) is 4.03. The maximum Gasteiger partial charge on any atom is 0.334 e. The van der Waals surface area contributed by atoms with Gasteiger partial charge in [0, 0.05) is 0 Å². The Morgan fingerprint density at radius 2 is 1.76 bits per heavy atom. The monoisotopic (exact) mass is 254 g/mol. The Morgan fingerprint density at radius 3 is 2.29 bits per heavy atom. The second-order valence-corrected chi connectivity index (χ2v) is 6.45. The summed E-state index contributed by atoms with van der Waals surface area (Å²) in [4.78, 5) is 0. The molecule has 0 bridgehead atoms. The van der Waals surface area contributed by atoms with Gasteiger partial charge in [-0.15, -0.1) is 0 Å². The van der Waals surface area contributed by atoms with Crippen molar-refractivity contribution in [2.24, 2.45) is 0 Å². The van der Waals surface area contributed by atoms with Crippen LogP contribution in [0.5, 0.6) is 0 Å². The fourth-order valence-electron chi connectivity index (χ4n) is 2.18. The molecule has 4 heteroatoms. The fraction of sp³-hybridized carbons (Fsp3) is 0.538. The van der Waals surface area contributed by atoms with E-state index in [2.05, 4.69) is 12.1 Å². The van der Waals surface area contributed by atoms with Gasteiger partial charge in [0.2, 0.25) is 0 Å². The lowest BCUT2D eigenvalue weighted by atomic mass is 10.1. The summed E-state index contributed by atoms with van der Waals surface area (Å²) in [6, 6.07) is 10.2. The zero-order chi connectivity index (χ0) is 12.3. The molecule has 0 heterocycles. The van der Waals surface area contributed by atoms with Crippen molar-refractivity contribution in [3.63, 3.8) is 0 Å². The van der Waals surface area contributed by atoms with Crippen molar-refractivity contribution in [2.75, 3.05) is 13.2 Å². The SMILES string of the molecule is CCOP(=O)(OCC)[C@H]1C[C@@H]1c1ccccc1. The maximum absolute atomic E-state index is 12.5. The van der Waals surface area contributed by atoms with E-state index in [0.717, 1.165) is 6.42 Å². The Labute approximate surface area is 103 Å². The van der Waals surface area contributed by atoms with Gasteiger partial charge in [0.25, 0.3) is 0 Å². The highest BCUT2D eigenvalue weighted by Gasteiger charge is 2.53. The minimum Gasteiger partial charge on any atom is -0.309 e. The van der Waals surface area contributed by atoms with E-state index in [1.54, 1.807) is 0 Å². The Bertz CT molecular complexity index is 394. The molecule has 1 fully saturated rings. The molecule has 0 N–H and O–H groups in total. The molecule has 2 rings (SSSR count). The van der Waals surface area contributed by atoms with Crippen molar-refractivity contribution in [1.29, 1.82) is 0 Å². The van der Waals surface area contributed by atoms with Gasteiger partial charge < -0.3 is 9.05 Å². The minimum atomic E-state index is -2.90. The Hall–Kier alpha value is -0.630. The van der Waals surface area contributed by atoms with Crippen molar-refractivity contribution < 1.29 is 13.6 Å². The zero-order valence-corrected chi connectivity index (χ0v) is 11.2. The van der Waals surface area contributed by atoms with Crippen molar-refractivity contribution in [2.45, 2.75) is 31.8 Å². The summed E-state index contributed by atoms with van der Waals surface area (Å²) in [7, 11) is -2.90. The summed E-state index contributed by atoms with van der Waals surface area (Å²) in [6.07, 6.45) is 0.904. The number of rotatable bonds is 6. The van der Waals surface area contributed by atoms with E-state index in [0.29, 0.717) is 19.1 Å². The molecule has 94 valence electrons. The first-order valence-corrected chi connectivity index (χ1v) is 7.76. The first-order chi connectivity index (χ1) is 8.21. The quantitative estimate of drug-likeness (QED) is 0.724. The molecule has 0 spiro atoms. The van der Waals surface area contributed by atoms with Crippen LogP contribution in [0.4, 0.5) is 0 Å². The summed E-state index contributed by atoms with van der Waals surface area (Å²) in [5.41, 5.74) is 1.28. The fourth-order valence-corrected chi connectivity index (χ4v) is 4.45. The standard InChI is InChI=1S/C13H19O3P/c1-3-15-17(14,16-4-2)13-10-12(13)11-8-6-5-7-9-11/h5-9,12-13H,3-4,10H2,1-2H3/t12-,13+/m1/s1. The van der Waals surface area contributed by atoms with Gasteiger partial charge >= 0.3 is 7.60 Å². The van der Waals surface area contributed by atoms with Gasteiger partial charge in [0.05, 0.1) is 18.9 Å². The summed E-state index contributed by atoms with van der Waals surface area (Å²) >= 11 is 0. The zero-order valence-electron chi connectivity index (χ0n) is 10.3. The van der Waals surface area contributed by atoms with Crippen molar-refractivity contribution in [3.05, 3.63) is 35.9 Å². The minimum absolute atomic E-state index is 0.0461. The van der Waals surface area contributed by atoms with Crippen molar-refractivity contribution in [3.8, 4) is 0 Å². The van der Waals surface area contributed by atoms with Gasteiger partial charge in [0.1, 0.15) is 0 Å². The van der Waals surface area contributed by atoms with Gasteiger partial charge in [-0.2, -0.15) is 0 Å². The summed E-state index contributed by atoms with van der Waals surface area (Å²) in [5.74, 6) is 0.333. The predicted octanol–water partition coefficient (Wildman–Crippen LogP) is 3.81. The predicted molar refractivity (Wildman–Crippen MR) is 68.4 cm³/mol. The summed E-state index contributed by atoms with van der Waals surface area (Å²) in [5, 5.41) is 0. The van der Waals surface area contributed by atoms with E-state index in [-0.39, 0.29) is 5.66 Å². The number of hydrogen-bond donors (Lipinski definition) is 0. The summed E-state index contributed by atoms with van der Waals surface area (Å²) in [6.45, 7) is 4.59. The number of benzene rings is 1. The first kappa shape index (κ1) is 12.8. The van der Waals surface area contributed by atoms with Crippen LogP contribution in [0.15, 0.2) is 30.3 Å². The molecule has 17 heavy (non-hydrogen) atoms. The molecule has 1 saturated carbocycles. The van der Waals surface area contributed by atoms with Crippen LogP contribution in [0.3, 0.4) is 0 Å². The Morgan fingerprint density at radius 1 is 1.18 bits per heavy atom. The first-order valence-electron chi connectivity index (χ1n) is 6.15. The molecule has 0 amide bonds. The van der Waals surface area contributed by atoms with Crippen LogP contribution in [-0.4, -0.2) is 18.9 Å². The molecule has 3 nitrogen and oxygen atoms in total. The van der Waals surface area contributed by atoms with Crippen LogP contribution in [0.1, 0.15) is 31.7 Å². The van der Waals surface area contributed by atoms with E-state index in [9.17, 15) is 4.57 Å². The third-order valence-electron chi connectivity index (χ3n) is 3.01. The third kappa shape index (κ3) is 2.79. The van der Waals surface area contributed by atoms with E-state index in [1.807, 2.05) is 32.0 Å². The smallest absolute Gasteiger partial charge is 0.309 e. The highest BCUT2D eigenvalue weighted by atomic mass is 31.2. The topological polar surface area (TPSA) is 35.5 Å². The molecule has 1 aromatic rings. The molecule has 0 saturated heterocycles. The van der Waals surface area contributed by atoms with Gasteiger partial charge in [-0.1, -0.05) is 30.3 Å². The van der Waals surface area contributed by atoms with Gasteiger partial charge in [-0.25, -0.2) is 0 Å². The lowest BCUT2D eigenvalue weighted by molar-refractivity contribution is 0.218. The molecule has 0 radical (unpaired) electrons. The largest absolute Gasteiger partial charge is 0.334 e. The molecular weight excluding hydrogens is 235 g/mol. The molecule has 0 aromatic heterocycles. The molecule has 1 aliphatic carbocycles. The highest BCUT2D eigenvalue weighted by molar-refractivity contribution is 7.55. The molecule has 0 aliphatic heterocycles. The van der Waals surface area contributed by atoms with Crippen LogP contribution in [0.2, 0.25) is 0 Å². The second-order valence-electron chi connectivity index (χ2n) is 4.20. The van der Waals surface area contributed by atoms with E-state index in [4.69, 9.17) is 9.05 Å². The van der Waals surface area contributed by atoms with E-state index in [1.165, 1.54) is 5.56 Å². The second kappa shape index (κ2) is 5.34. The molecule has 1 aromatic carbocycles. The Balaban J connectivity index is 2.08.